The zero-order valence-electron chi connectivity index (χ0n) is 13.8. The van der Waals surface area contributed by atoms with Gasteiger partial charge >= 0.3 is 0 Å². The SMILES string of the molecule is CC(C)CCNc1cc(C(=O)NC2CCCCCC2)ncn1. The van der Waals surface area contributed by atoms with E-state index >= 15 is 0 Å². The number of amides is 1. The summed E-state index contributed by atoms with van der Waals surface area (Å²) in [6.45, 7) is 5.24. The van der Waals surface area contributed by atoms with Gasteiger partial charge in [-0.3, -0.25) is 4.79 Å². The molecule has 1 aliphatic carbocycles. The van der Waals surface area contributed by atoms with Crippen LogP contribution in [0.25, 0.3) is 0 Å². The fourth-order valence-corrected chi connectivity index (χ4v) is 2.75. The van der Waals surface area contributed by atoms with Crippen molar-refractivity contribution in [3.8, 4) is 0 Å². The van der Waals surface area contributed by atoms with Gasteiger partial charge in [0, 0.05) is 18.7 Å². The van der Waals surface area contributed by atoms with Crippen LogP contribution >= 0.6 is 0 Å². The molecule has 0 spiro atoms. The summed E-state index contributed by atoms with van der Waals surface area (Å²) in [4.78, 5) is 20.6. The molecule has 1 fully saturated rings. The first kappa shape index (κ1) is 16.7. The number of carbonyl (C=O) groups is 1. The van der Waals surface area contributed by atoms with Crippen LogP contribution in [0.2, 0.25) is 0 Å². The Bertz CT molecular complexity index is 467. The van der Waals surface area contributed by atoms with E-state index in [2.05, 4.69) is 34.4 Å². The third-order valence-electron chi connectivity index (χ3n) is 4.12. The van der Waals surface area contributed by atoms with E-state index in [9.17, 15) is 4.79 Å². The molecule has 0 aromatic carbocycles. The van der Waals surface area contributed by atoms with E-state index in [0.29, 0.717) is 17.7 Å². The van der Waals surface area contributed by atoms with E-state index in [-0.39, 0.29) is 5.91 Å². The number of hydrogen-bond acceptors (Lipinski definition) is 4. The minimum atomic E-state index is -0.0822. The van der Waals surface area contributed by atoms with Crippen LogP contribution in [0.4, 0.5) is 5.82 Å². The van der Waals surface area contributed by atoms with Crippen molar-refractivity contribution in [2.75, 3.05) is 11.9 Å². The Labute approximate surface area is 133 Å². The molecule has 0 bridgehead atoms. The zero-order chi connectivity index (χ0) is 15.8. The molecule has 5 heteroatoms. The molecule has 122 valence electrons. The van der Waals surface area contributed by atoms with Crippen LogP contribution in [-0.2, 0) is 0 Å². The second kappa shape index (κ2) is 8.71. The van der Waals surface area contributed by atoms with E-state index in [1.54, 1.807) is 6.07 Å². The fourth-order valence-electron chi connectivity index (χ4n) is 2.75. The van der Waals surface area contributed by atoms with Gasteiger partial charge in [0.2, 0.25) is 0 Å². The maximum absolute atomic E-state index is 12.3. The first-order chi connectivity index (χ1) is 10.6. The standard InChI is InChI=1S/C17H28N4O/c1-13(2)9-10-18-16-11-15(19-12-20-16)17(22)21-14-7-5-3-4-6-8-14/h11-14H,3-10H2,1-2H3,(H,21,22)(H,18,19,20). The summed E-state index contributed by atoms with van der Waals surface area (Å²) >= 11 is 0. The van der Waals surface area contributed by atoms with Gasteiger partial charge in [0.05, 0.1) is 0 Å². The third kappa shape index (κ3) is 5.62. The quantitative estimate of drug-likeness (QED) is 0.791. The van der Waals surface area contributed by atoms with Crippen molar-refractivity contribution in [2.24, 2.45) is 5.92 Å². The van der Waals surface area contributed by atoms with Crippen LogP contribution < -0.4 is 10.6 Å². The molecule has 0 atom stereocenters. The zero-order valence-corrected chi connectivity index (χ0v) is 13.8. The number of nitrogens with zero attached hydrogens (tertiary/aromatic N) is 2. The highest BCUT2D eigenvalue weighted by Gasteiger charge is 2.16. The van der Waals surface area contributed by atoms with Gasteiger partial charge in [-0.15, -0.1) is 0 Å². The first-order valence-corrected chi connectivity index (χ1v) is 8.52. The monoisotopic (exact) mass is 304 g/mol. The summed E-state index contributed by atoms with van der Waals surface area (Å²) < 4.78 is 0. The van der Waals surface area contributed by atoms with E-state index < -0.39 is 0 Å². The maximum Gasteiger partial charge on any atom is 0.270 e. The Morgan fingerprint density at radius 1 is 1.23 bits per heavy atom. The molecular formula is C17H28N4O. The van der Waals surface area contributed by atoms with Crippen LogP contribution in [0, 0.1) is 5.92 Å². The summed E-state index contributed by atoms with van der Waals surface area (Å²) in [5.74, 6) is 1.29. The predicted molar refractivity (Wildman–Crippen MR) is 88.9 cm³/mol. The largest absolute Gasteiger partial charge is 0.370 e. The topological polar surface area (TPSA) is 66.9 Å². The Hall–Kier alpha value is -1.65. The van der Waals surface area contributed by atoms with Crippen LogP contribution in [-0.4, -0.2) is 28.5 Å². The van der Waals surface area contributed by atoms with Crippen molar-refractivity contribution in [3.63, 3.8) is 0 Å². The second-order valence-corrected chi connectivity index (χ2v) is 6.56. The molecule has 1 aromatic rings. The van der Waals surface area contributed by atoms with Crippen molar-refractivity contribution in [1.29, 1.82) is 0 Å². The lowest BCUT2D eigenvalue weighted by atomic mass is 10.1. The van der Waals surface area contributed by atoms with Crippen molar-refractivity contribution in [2.45, 2.75) is 64.8 Å². The molecular weight excluding hydrogens is 276 g/mol. The number of hydrogen-bond donors (Lipinski definition) is 2. The molecule has 5 nitrogen and oxygen atoms in total. The molecule has 0 aliphatic heterocycles. The summed E-state index contributed by atoms with van der Waals surface area (Å²) in [6.07, 6.45) is 9.67. The van der Waals surface area contributed by atoms with Crippen molar-refractivity contribution in [3.05, 3.63) is 18.1 Å². The number of carbonyl (C=O) groups excluding carboxylic acids is 1. The molecule has 2 rings (SSSR count). The number of nitrogens with one attached hydrogen (secondary N) is 2. The van der Waals surface area contributed by atoms with Gasteiger partial charge in [-0.1, -0.05) is 39.5 Å². The van der Waals surface area contributed by atoms with Crippen molar-refractivity contribution >= 4 is 11.7 Å². The Balaban J connectivity index is 1.88. The predicted octanol–water partition coefficient (Wildman–Crippen LogP) is 3.39. The van der Waals surface area contributed by atoms with Crippen LogP contribution in [0.3, 0.4) is 0 Å². The van der Waals surface area contributed by atoms with E-state index in [4.69, 9.17) is 0 Å². The summed E-state index contributed by atoms with van der Waals surface area (Å²) in [7, 11) is 0. The average Bonchev–Trinajstić information content (AvgIpc) is 2.76. The molecule has 1 saturated carbocycles. The highest BCUT2D eigenvalue weighted by molar-refractivity contribution is 5.93. The third-order valence-corrected chi connectivity index (χ3v) is 4.12. The van der Waals surface area contributed by atoms with Crippen LogP contribution in [0.1, 0.15) is 69.3 Å². The molecule has 0 saturated heterocycles. The first-order valence-electron chi connectivity index (χ1n) is 8.52. The summed E-state index contributed by atoms with van der Waals surface area (Å²) in [6, 6.07) is 2.04. The molecule has 1 amide bonds. The molecule has 0 radical (unpaired) electrons. The van der Waals surface area contributed by atoms with Crippen molar-refractivity contribution in [1.82, 2.24) is 15.3 Å². The number of aromatic nitrogens is 2. The summed E-state index contributed by atoms with van der Waals surface area (Å²) in [5.41, 5.74) is 0.450. The van der Waals surface area contributed by atoms with E-state index in [0.717, 1.165) is 31.6 Å². The maximum atomic E-state index is 12.3. The van der Waals surface area contributed by atoms with Gasteiger partial charge in [-0.05, 0) is 25.2 Å². The van der Waals surface area contributed by atoms with Gasteiger partial charge in [0.15, 0.2) is 0 Å². The normalized spacial score (nSPS) is 16.3. The highest BCUT2D eigenvalue weighted by Crippen LogP contribution is 2.17. The Morgan fingerprint density at radius 3 is 2.64 bits per heavy atom. The lowest BCUT2D eigenvalue weighted by Gasteiger charge is -2.16. The molecule has 0 unspecified atom stereocenters. The van der Waals surface area contributed by atoms with Crippen LogP contribution in [0.5, 0.6) is 0 Å². The Kier molecular flexibility index (Phi) is 6.62. The lowest BCUT2D eigenvalue weighted by molar-refractivity contribution is 0.0928. The average molecular weight is 304 g/mol. The lowest BCUT2D eigenvalue weighted by Crippen LogP contribution is -2.35. The summed E-state index contributed by atoms with van der Waals surface area (Å²) in [5, 5.41) is 6.37. The number of anilines is 1. The fraction of sp³-hybridized carbons (Fsp3) is 0.706. The Morgan fingerprint density at radius 2 is 1.95 bits per heavy atom. The molecule has 1 aromatic heterocycles. The van der Waals surface area contributed by atoms with Gasteiger partial charge in [0.1, 0.15) is 17.8 Å². The smallest absolute Gasteiger partial charge is 0.270 e. The molecule has 22 heavy (non-hydrogen) atoms. The van der Waals surface area contributed by atoms with Gasteiger partial charge in [-0.25, -0.2) is 9.97 Å². The van der Waals surface area contributed by atoms with Crippen molar-refractivity contribution < 1.29 is 4.79 Å². The van der Waals surface area contributed by atoms with Gasteiger partial charge in [-0.2, -0.15) is 0 Å². The molecule has 2 N–H and O–H groups in total. The van der Waals surface area contributed by atoms with Gasteiger partial charge in [0.25, 0.3) is 5.91 Å². The van der Waals surface area contributed by atoms with Gasteiger partial charge < -0.3 is 10.6 Å². The minimum absolute atomic E-state index is 0.0822. The second-order valence-electron chi connectivity index (χ2n) is 6.56. The van der Waals surface area contributed by atoms with E-state index in [1.165, 1.54) is 32.0 Å². The highest BCUT2D eigenvalue weighted by atomic mass is 16.1. The van der Waals surface area contributed by atoms with E-state index in [1.807, 2.05) is 0 Å². The minimum Gasteiger partial charge on any atom is -0.370 e. The molecule has 1 heterocycles. The number of rotatable bonds is 6. The van der Waals surface area contributed by atoms with Crippen LogP contribution in [0.15, 0.2) is 12.4 Å². The molecule has 1 aliphatic rings.